The number of carbonyl (C=O) groups excluding carboxylic acids is 2. The third-order valence-electron chi connectivity index (χ3n) is 8.38. The number of allylic oxidation sites excluding steroid dienone is 2. The second-order valence-electron chi connectivity index (χ2n) is 12.1. The molecule has 0 amide bonds. The van der Waals surface area contributed by atoms with Crippen molar-refractivity contribution in [1.82, 2.24) is 0 Å². The van der Waals surface area contributed by atoms with Crippen molar-refractivity contribution in [2.45, 2.75) is 115 Å². The van der Waals surface area contributed by atoms with Gasteiger partial charge in [-0.15, -0.1) is 0 Å². The fourth-order valence-corrected chi connectivity index (χ4v) is 5.54. The molecule has 0 aromatic heterocycles. The maximum Gasteiger partial charge on any atom is 0.425 e. The second-order valence-corrected chi connectivity index (χ2v) is 12.1. The number of hydrogen-bond donors (Lipinski definition) is 1. The van der Waals surface area contributed by atoms with Gasteiger partial charge < -0.3 is 14.6 Å². The summed E-state index contributed by atoms with van der Waals surface area (Å²) in [6.45, 7) is 4.51. The van der Waals surface area contributed by atoms with E-state index in [1.54, 1.807) is 24.3 Å². The lowest BCUT2D eigenvalue weighted by atomic mass is 9.86. The Labute approximate surface area is 276 Å². The van der Waals surface area contributed by atoms with Crippen LogP contribution in [0.15, 0.2) is 66.8 Å². The first-order chi connectivity index (χ1) is 22.5. The van der Waals surface area contributed by atoms with Crippen molar-refractivity contribution in [3.8, 4) is 11.1 Å². The highest BCUT2D eigenvalue weighted by atomic mass is 19.4. The van der Waals surface area contributed by atoms with Crippen molar-refractivity contribution in [2.24, 2.45) is 0 Å². The van der Waals surface area contributed by atoms with Gasteiger partial charge in [-0.05, 0) is 53.3 Å². The van der Waals surface area contributed by atoms with Gasteiger partial charge in [-0.1, -0.05) is 114 Å². The molecule has 2 unspecified atom stereocenters. The number of alkyl halides is 3. The van der Waals surface area contributed by atoms with E-state index >= 15 is 0 Å². The number of carbonyl (C=O) groups is 3. The average molecular weight is 657 g/mol. The van der Waals surface area contributed by atoms with E-state index in [9.17, 15) is 32.7 Å². The van der Waals surface area contributed by atoms with E-state index in [1.807, 2.05) is 37.3 Å². The highest BCUT2D eigenvalue weighted by Gasteiger charge is 2.44. The molecule has 2 aromatic carbocycles. The van der Waals surface area contributed by atoms with E-state index in [2.05, 4.69) is 6.92 Å². The van der Waals surface area contributed by atoms with Gasteiger partial charge in [0.15, 0.2) is 5.60 Å². The Kier molecular flexibility index (Phi) is 14.9. The van der Waals surface area contributed by atoms with E-state index in [1.165, 1.54) is 25.0 Å². The normalized spacial score (nSPS) is 16.8. The van der Waals surface area contributed by atoms with Crippen molar-refractivity contribution in [3.63, 3.8) is 0 Å². The largest absolute Gasteiger partial charge is 0.479 e. The highest BCUT2D eigenvalue weighted by Crippen LogP contribution is 2.35. The summed E-state index contributed by atoms with van der Waals surface area (Å²) in [5.41, 5.74) is 1.62. The molecule has 1 aliphatic rings. The monoisotopic (exact) mass is 656 g/mol. The molecule has 2 atom stereocenters. The quantitative estimate of drug-likeness (QED) is 0.113. The molecule has 0 heterocycles. The van der Waals surface area contributed by atoms with Crippen molar-refractivity contribution in [2.75, 3.05) is 6.61 Å². The van der Waals surface area contributed by atoms with E-state index in [4.69, 9.17) is 9.47 Å². The number of carboxylic acids is 1. The van der Waals surface area contributed by atoms with E-state index in [0.29, 0.717) is 18.6 Å². The molecule has 0 bridgehead atoms. The number of ether oxygens (including phenoxy) is 2. The van der Waals surface area contributed by atoms with Gasteiger partial charge in [0.2, 0.25) is 6.10 Å². The first-order valence-electron chi connectivity index (χ1n) is 16.8. The van der Waals surface area contributed by atoms with Gasteiger partial charge in [0.1, 0.15) is 5.78 Å². The first-order valence-corrected chi connectivity index (χ1v) is 16.8. The van der Waals surface area contributed by atoms with Crippen LogP contribution in [-0.2, 0) is 19.1 Å². The molecule has 0 saturated heterocycles. The zero-order chi connectivity index (χ0) is 34.3. The van der Waals surface area contributed by atoms with Crippen LogP contribution in [0.5, 0.6) is 0 Å². The topological polar surface area (TPSA) is 89.9 Å². The van der Waals surface area contributed by atoms with Crippen molar-refractivity contribution in [1.29, 1.82) is 0 Å². The fraction of sp³-hybridized carbons (Fsp3) is 0.500. The Bertz CT molecular complexity index is 1380. The summed E-state index contributed by atoms with van der Waals surface area (Å²) in [5, 5.41) is 9.99. The second kappa shape index (κ2) is 18.6. The molecule has 47 heavy (non-hydrogen) atoms. The number of hydrogen-bond acceptors (Lipinski definition) is 5. The van der Waals surface area contributed by atoms with Crippen molar-refractivity contribution < 1.29 is 42.1 Å². The lowest BCUT2D eigenvalue weighted by molar-refractivity contribution is -0.206. The predicted octanol–water partition coefficient (Wildman–Crippen LogP) is 9.91. The minimum absolute atomic E-state index is 0.0212. The molecule has 0 fully saturated rings. The molecule has 2 aromatic rings. The van der Waals surface area contributed by atoms with Crippen LogP contribution < -0.4 is 0 Å². The predicted molar refractivity (Wildman–Crippen MR) is 177 cm³/mol. The van der Waals surface area contributed by atoms with Gasteiger partial charge in [0, 0.05) is 19.4 Å². The van der Waals surface area contributed by atoms with Crippen LogP contribution in [0.4, 0.5) is 13.2 Å². The number of unbranched alkanes of at least 4 members (excludes halogenated alkanes) is 8. The summed E-state index contributed by atoms with van der Waals surface area (Å²) in [5.74, 6) is -2.79. The number of carboxylic acid groups (broad SMARTS) is 1. The number of aliphatic carboxylic acids is 1. The number of ketones is 1. The Morgan fingerprint density at radius 1 is 0.851 bits per heavy atom. The number of halogens is 3. The van der Waals surface area contributed by atoms with Crippen LogP contribution in [0.2, 0.25) is 0 Å². The lowest BCUT2D eigenvalue weighted by Crippen LogP contribution is -2.40. The SMILES string of the molecule is CCCCCCCCOC1(C(=O)O)C=CC(c2ccccc2-c2ccc(C(=O)OC(CC(=O)CCCCCC)C(F)(F)F)cc2)=CC1. The van der Waals surface area contributed by atoms with Gasteiger partial charge in [0.25, 0.3) is 0 Å². The van der Waals surface area contributed by atoms with Gasteiger partial charge in [-0.25, -0.2) is 9.59 Å². The summed E-state index contributed by atoms with van der Waals surface area (Å²) in [6.07, 6.45) is 6.60. The molecule has 6 nitrogen and oxygen atoms in total. The molecule has 9 heteroatoms. The summed E-state index contributed by atoms with van der Waals surface area (Å²) in [7, 11) is 0. The summed E-state index contributed by atoms with van der Waals surface area (Å²) < 4.78 is 51.6. The van der Waals surface area contributed by atoms with Crippen molar-refractivity contribution in [3.05, 3.63) is 77.9 Å². The van der Waals surface area contributed by atoms with Gasteiger partial charge in [-0.2, -0.15) is 13.2 Å². The minimum atomic E-state index is -4.87. The molecule has 3 rings (SSSR count). The molecule has 0 saturated carbocycles. The molecular formula is C38H47F3O6. The molecule has 0 radical (unpaired) electrons. The summed E-state index contributed by atoms with van der Waals surface area (Å²) in [6, 6.07) is 13.5. The maximum absolute atomic E-state index is 13.6. The summed E-state index contributed by atoms with van der Waals surface area (Å²) >= 11 is 0. The molecule has 1 aliphatic carbocycles. The third kappa shape index (κ3) is 11.5. The Morgan fingerprint density at radius 3 is 2.06 bits per heavy atom. The number of Topliss-reactive ketones (excluding diaryl/α,β-unsaturated/α-hetero) is 1. The molecule has 0 aliphatic heterocycles. The average Bonchev–Trinajstić information content (AvgIpc) is 3.06. The Balaban J connectivity index is 1.68. The Morgan fingerprint density at radius 2 is 1.47 bits per heavy atom. The van der Waals surface area contributed by atoms with Crippen LogP contribution in [0.25, 0.3) is 16.7 Å². The molecule has 0 spiro atoms. The molecular weight excluding hydrogens is 609 g/mol. The van der Waals surface area contributed by atoms with Gasteiger partial charge in [-0.3, -0.25) is 4.79 Å². The van der Waals surface area contributed by atoms with E-state index in [-0.39, 0.29) is 18.4 Å². The Hall–Kier alpha value is -3.72. The minimum Gasteiger partial charge on any atom is -0.479 e. The smallest absolute Gasteiger partial charge is 0.425 e. The molecule has 256 valence electrons. The van der Waals surface area contributed by atoms with Crippen LogP contribution in [0.3, 0.4) is 0 Å². The van der Waals surface area contributed by atoms with Crippen LogP contribution in [-0.4, -0.2) is 47.3 Å². The van der Waals surface area contributed by atoms with Crippen molar-refractivity contribution >= 4 is 23.3 Å². The number of rotatable bonds is 20. The standard InChI is InChI=1S/C38H47F3O6/c1-3-5-7-9-10-14-26-46-37(36(44)45)24-22-29(23-25-37)33-17-13-12-16-32(33)28-18-20-30(21-19-28)35(43)47-34(38(39,40)41)27-31(42)15-11-8-6-4-2/h12-13,16-24,34H,3-11,14-15,25-27H2,1-2H3,(H,44,45). The zero-order valence-electron chi connectivity index (χ0n) is 27.5. The summed E-state index contributed by atoms with van der Waals surface area (Å²) in [4.78, 5) is 37.1. The lowest BCUT2D eigenvalue weighted by Gasteiger charge is -2.28. The number of benzene rings is 2. The van der Waals surface area contributed by atoms with Crippen LogP contribution in [0.1, 0.15) is 113 Å². The zero-order valence-corrected chi connectivity index (χ0v) is 27.5. The third-order valence-corrected chi connectivity index (χ3v) is 8.38. The molecule has 1 N–H and O–H groups in total. The highest BCUT2D eigenvalue weighted by molar-refractivity contribution is 5.92. The van der Waals surface area contributed by atoms with Gasteiger partial charge in [0.05, 0.1) is 12.0 Å². The van der Waals surface area contributed by atoms with Crippen LogP contribution in [0, 0.1) is 0 Å². The number of esters is 1. The van der Waals surface area contributed by atoms with E-state index in [0.717, 1.165) is 61.6 Å². The van der Waals surface area contributed by atoms with E-state index < -0.39 is 42.0 Å². The first kappa shape index (κ1) is 37.7. The van der Waals surface area contributed by atoms with Crippen LogP contribution >= 0.6 is 0 Å². The van der Waals surface area contributed by atoms with Gasteiger partial charge >= 0.3 is 18.1 Å². The maximum atomic E-state index is 13.6. The fourth-order valence-electron chi connectivity index (χ4n) is 5.54.